The van der Waals surface area contributed by atoms with E-state index in [0.29, 0.717) is 17.9 Å². The Hall–Kier alpha value is -1.59. The van der Waals surface area contributed by atoms with Crippen LogP contribution in [0.2, 0.25) is 0 Å². The van der Waals surface area contributed by atoms with Gasteiger partial charge >= 0.3 is 0 Å². The van der Waals surface area contributed by atoms with Crippen LogP contribution in [0.3, 0.4) is 0 Å². The molecule has 0 aliphatic heterocycles. The van der Waals surface area contributed by atoms with Gasteiger partial charge in [0.2, 0.25) is 0 Å². The Balaban J connectivity index is 2.15. The number of rotatable bonds is 4. The minimum Gasteiger partial charge on any atom is -0.464 e. The number of benzene rings is 1. The van der Waals surface area contributed by atoms with Crippen molar-refractivity contribution in [2.75, 3.05) is 6.26 Å². The second-order valence-electron chi connectivity index (χ2n) is 4.17. The van der Waals surface area contributed by atoms with Crippen LogP contribution in [0.5, 0.6) is 0 Å². The van der Waals surface area contributed by atoms with Crippen LogP contribution in [0.1, 0.15) is 17.1 Å². The van der Waals surface area contributed by atoms with Crippen LogP contribution < -0.4 is 5.73 Å². The van der Waals surface area contributed by atoms with E-state index < -0.39 is 9.84 Å². The predicted molar refractivity (Wildman–Crippen MR) is 69.0 cm³/mol. The molecule has 0 radical (unpaired) electrons. The Morgan fingerprint density at radius 2 is 1.67 bits per heavy atom. The lowest BCUT2D eigenvalue weighted by atomic mass is 10.1. The van der Waals surface area contributed by atoms with Crippen LogP contribution in [0.15, 0.2) is 45.7 Å². The molecular weight excluding hydrogens is 250 g/mol. The van der Waals surface area contributed by atoms with Crippen LogP contribution in [0.4, 0.5) is 0 Å². The topological polar surface area (TPSA) is 73.3 Å². The molecule has 5 heteroatoms. The van der Waals surface area contributed by atoms with Gasteiger partial charge in [0.15, 0.2) is 9.84 Å². The molecule has 0 aliphatic rings. The summed E-state index contributed by atoms with van der Waals surface area (Å²) in [5.41, 5.74) is 6.46. The molecule has 1 aromatic carbocycles. The van der Waals surface area contributed by atoms with Gasteiger partial charge in [-0.05, 0) is 29.8 Å². The summed E-state index contributed by atoms with van der Waals surface area (Å²) >= 11 is 0. The molecule has 0 saturated heterocycles. The standard InChI is InChI=1S/C13H15NO3S/c1-18(15,16)13-6-2-10(3-7-13)8-11-4-5-12(9-14)17-11/h2-7H,8-9,14H2,1H3. The Labute approximate surface area is 106 Å². The molecule has 2 aromatic rings. The van der Waals surface area contributed by atoms with E-state index in [0.717, 1.165) is 17.1 Å². The summed E-state index contributed by atoms with van der Waals surface area (Å²) in [5.74, 6) is 1.57. The molecule has 18 heavy (non-hydrogen) atoms. The molecule has 0 atom stereocenters. The van der Waals surface area contributed by atoms with E-state index >= 15 is 0 Å². The zero-order chi connectivity index (χ0) is 13.2. The molecule has 0 bridgehead atoms. The number of furan rings is 1. The smallest absolute Gasteiger partial charge is 0.175 e. The summed E-state index contributed by atoms with van der Waals surface area (Å²) in [4.78, 5) is 0.327. The van der Waals surface area contributed by atoms with E-state index in [9.17, 15) is 8.42 Å². The highest BCUT2D eigenvalue weighted by atomic mass is 32.2. The van der Waals surface area contributed by atoms with E-state index in [1.54, 1.807) is 24.3 Å². The Bertz CT molecular complexity index is 627. The van der Waals surface area contributed by atoms with Crippen LogP contribution in [-0.4, -0.2) is 14.7 Å². The molecule has 0 fully saturated rings. The first-order valence-electron chi connectivity index (χ1n) is 5.55. The van der Waals surface area contributed by atoms with Gasteiger partial charge in [-0.3, -0.25) is 0 Å². The van der Waals surface area contributed by atoms with Gasteiger partial charge in [0.1, 0.15) is 11.5 Å². The van der Waals surface area contributed by atoms with E-state index in [2.05, 4.69) is 0 Å². The number of nitrogens with two attached hydrogens (primary N) is 1. The van der Waals surface area contributed by atoms with Crippen molar-refractivity contribution in [3.8, 4) is 0 Å². The number of hydrogen-bond acceptors (Lipinski definition) is 4. The van der Waals surface area contributed by atoms with Gasteiger partial charge in [-0.15, -0.1) is 0 Å². The van der Waals surface area contributed by atoms with E-state index in [1.165, 1.54) is 6.26 Å². The lowest BCUT2D eigenvalue weighted by Crippen LogP contribution is -1.97. The van der Waals surface area contributed by atoms with Crippen molar-refractivity contribution < 1.29 is 12.8 Å². The van der Waals surface area contributed by atoms with Gasteiger partial charge < -0.3 is 10.2 Å². The quantitative estimate of drug-likeness (QED) is 0.913. The molecule has 96 valence electrons. The maximum absolute atomic E-state index is 11.3. The van der Waals surface area contributed by atoms with Crippen LogP contribution in [0, 0.1) is 0 Å². The first kappa shape index (κ1) is 12.9. The molecule has 4 nitrogen and oxygen atoms in total. The largest absolute Gasteiger partial charge is 0.464 e. The fraction of sp³-hybridized carbons (Fsp3) is 0.231. The molecule has 1 heterocycles. The van der Waals surface area contributed by atoms with Gasteiger partial charge in [-0.1, -0.05) is 12.1 Å². The normalized spacial score (nSPS) is 11.7. The molecule has 2 N–H and O–H groups in total. The summed E-state index contributed by atoms with van der Waals surface area (Å²) in [6.07, 6.45) is 1.83. The minimum atomic E-state index is -3.13. The van der Waals surface area contributed by atoms with Crippen LogP contribution in [-0.2, 0) is 22.8 Å². The maximum atomic E-state index is 11.3. The Morgan fingerprint density at radius 1 is 1.06 bits per heavy atom. The van der Waals surface area contributed by atoms with Crippen LogP contribution in [0.25, 0.3) is 0 Å². The average molecular weight is 265 g/mol. The average Bonchev–Trinajstić information content (AvgIpc) is 2.76. The highest BCUT2D eigenvalue weighted by Gasteiger charge is 2.07. The summed E-state index contributed by atoms with van der Waals surface area (Å²) in [6, 6.07) is 10.5. The Kier molecular flexibility index (Phi) is 3.54. The lowest BCUT2D eigenvalue weighted by molar-refractivity contribution is 0.475. The van der Waals surface area contributed by atoms with E-state index in [1.807, 2.05) is 12.1 Å². The maximum Gasteiger partial charge on any atom is 0.175 e. The number of hydrogen-bond donors (Lipinski definition) is 1. The molecule has 0 aliphatic carbocycles. The number of sulfone groups is 1. The van der Waals surface area contributed by atoms with Crippen molar-refractivity contribution in [2.24, 2.45) is 5.73 Å². The third kappa shape index (κ3) is 3.00. The van der Waals surface area contributed by atoms with Crippen molar-refractivity contribution in [3.05, 3.63) is 53.5 Å². The summed E-state index contributed by atoms with van der Waals surface area (Å²) in [5, 5.41) is 0. The lowest BCUT2D eigenvalue weighted by Gasteiger charge is -2.01. The molecule has 2 rings (SSSR count). The highest BCUT2D eigenvalue weighted by Crippen LogP contribution is 2.15. The highest BCUT2D eigenvalue weighted by molar-refractivity contribution is 7.90. The second-order valence-corrected chi connectivity index (χ2v) is 6.18. The molecule has 1 aromatic heterocycles. The van der Waals surface area contributed by atoms with Crippen molar-refractivity contribution in [1.29, 1.82) is 0 Å². The SMILES string of the molecule is CS(=O)(=O)c1ccc(Cc2ccc(CN)o2)cc1. The van der Waals surface area contributed by atoms with E-state index in [-0.39, 0.29) is 0 Å². The van der Waals surface area contributed by atoms with Gasteiger partial charge in [0.25, 0.3) is 0 Å². The molecule has 0 unspecified atom stereocenters. The monoisotopic (exact) mass is 265 g/mol. The molecule has 0 amide bonds. The molecule has 0 spiro atoms. The van der Waals surface area contributed by atoms with Crippen LogP contribution >= 0.6 is 0 Å². The summed E-state index contributed by atoms with van der Waals surface area (Å²) < 4.78 is 28.1. The van der Waals surface area contributed by atoms with Crippen molar-refractivity contribution in [2.45, 2.75) is 17.9 Å². The predicted octanol–water partition coefficient (Wildman–Crippen LogP) is 1.73. The third-order valence-electron chi connectivity index (χ3n) is 2.65. The first-order valence-corrected chi connectivity index (χ1v) is 7.45. The van der Waals surface area contributed by atoms with Gasteiger partial charge in [-0.2, -0.15) is 0 Å². The zero-order valence-corrected chi connectivity index (χ0v) is 10.9. The fourth-order valence-electron chi connectivity index (χ4n) is 1.68. The van der Waals surface area contributed by atoms with Crippen molar-refractivity contribution in [3.63, 3.8) is 0 Å². The minimum absolute atomic E-state index is 0.327. The molecule has 0 saturated carbocycles. The van der Waals surface area contributed by atoms with Crippen molar-refractivity contribution >= 4 is 9.84 Å². The second kappa shape index (κ2) is 4.96. The van der Waals surface area contributed by atoms with Gasteiger partial charge in [-0.25, -0.2) is 8.42 Å². The van der Waals surface area contributed by atoms with Crippen molar-refractivity contribution in [1.82, 2.24) is 0 Å². The van der Waals surface area contributed by atoms with E-state index in [4.69, 9.17) is 10.2 Å². The summed E-state index contributed by atoms with van der Waals surface area (Å²) in [6.45, 7) is 0.382. The zero-order valence-electron chi connectivity index (χ0n) is 10.1. The van der Waals surface area contributed by atoms with Gasteiger partial charge in [0, 0.05) is 12.7 Å². The Morgan fingerprint density at radius 3 is 2.17 bits per heavy atom. The third-order valence-corrected chi connectivity index (χ3v) is 3.78. The summed E-state index contributed by atoms with van der Waals surface area (Å²) in [7, 11) is -3.13. The molecular formula is C13H15NO3S. The first-order chi connectivity index (χ1) is 8.49. The fourth-order valence-corrected chi connectivity index (χ4v) is 2.31. The van der Waals surface area contributed by atoms with Gasteiger partial charge in [0.05, 0.1) is 11.4 Å².